The third kappa shape index (κ3) is 3.87. The Bertz CT molecular complexity index is 976. The second kappa shape index (κ2) is 7.67. The van der Waals surface area contributed by atoms with Crippen LogP contribution >= 0.6 is 0 Å². The van der Waals surface area contributed by atoms with E-state index in [9.17, 15) is 9.90 Å². The van der Waals surface area contributed by atoms with Crippen LogP contribution in [0.5, 0.6) is 5.75 Å². The molecule has 0 spiro atoms. The van der Waals surface area contributed by atoms with E-state index in [4.69, 9.17) is 4.74 Å². The van der Waals surface area contributed by atoms with E-state index >= 15 is 0 Å². The average Bonchev–Trinajstić information content (AvgIpc) is 2.66. The fourth-order valence-corrected chi connectivity index (χ4v) is 3.27. The van der Waals surface area contributed by atoms with Crippen molar-refractivity contribution in [3.8, 4) is 16.9 Å². The van der Waals surface area contributed by atoms with Gasteiger partial charge in [-0.05, 0) is 85.3 Å². The van der Waals surface area contributed by atoms with E-state index < -0.39 is 5.97 Å². The summed E-state index contributed by atoms with van der Waals surface area (Å²) in [4.78, 5) is 11.5. The lowest BCUT2D eigenvalue weighted by atomic mass is 9.95. The van der Waals surface area contributed by atoms with Crippen molar-refractivity contribution < 1.29 is 14.6 Å². The van der Waals surface area contributed by atoms with Crippen LogP contribution in [0, 0.1) is 33.8 Å². The van der Waals surface area contributed by atoms with Crippen LogP contribution in [0.1, 0.15) is 38.2 Å². The predicted molar refractivity (Wildman–Crippen MR) is 107 cm³/mol. The van der Waals surface area contributed by atoms with Gasteiger partial charge in [-0.2, -0.15) is 0 Å². The molecule has 0 saturated heterocycles. The van der Waals surface area contributed by atoms with Gasteiger partial charge in [0.25, 0.3) is 0 Å². The first-order chi connectivity index (χ1) is 12.9. The van der Waals surface area contributed by atoms with E-state index in [1.807, 2.05) is 24.3 Å². The highest BCUT2D eigenvalue weighted by Gasteiger charge is 2.13. The number of carbonyl (C=O) groups is 1. The van der Waals surface area contributed by atoms with Gasteiger partial charge in [-0.3, -0.25) is 0 Å². The van der Waals surface area contributed by atoms with Gasteiger partial charge in [-0.1, -0.05) is 30.3 Å². The first kappa shape index (κ1) is 18.7. The largest absolute Gasteiger partial charge is 0.489 e. The molecule has 137 valence electrons. The van der Waals surface area contributed by atoms with Crippen molar-refractivity contribution in [3.63, 3.8) is 0 Å². The van der Waals surface area contributed by atoms with E-state index in [0.717, 1.165) is 5.56 Å². The fraction of sp³-hybridized carbons (Fsp3) is 0.208. The molecule has 0 saturated carbocycles. The summed E-state index contributed by atoms with van der Waals surface area (Å²) in [5, 5.41) is 9.41. The van der Waals surface area contributed by atoms with Gasteiger partial charge in [0.1, 0.15) is 12.4 Å². The van der Waals surface area contributed by atoms with Gasteiger partial charge in [0.2, 0.25) is 0 Å². The normalized spacial score (nSPS) is 10.7. The van der Waals surface area contributed by atoms with Gasteiger partial charge in [0, 0.05) is 5.56 Å². The molecule has 3 aromatic rings. The van der Waals surface area contributed by atoms with Crippen molar-refractivity contribution >= 4 is 5.97 Å². The molecule has 1 radical (unpaired) electrons. The van der Waals surface area contributed by atoms with Crippen LogP contribution in [0.25, 0.3) is 11.1 Å². The molecule has 0 atom stereocenters. The van der Waals surface area contributed by atoms with Gasteiger partial charge in [-0.25, -0.2) is 4.79 Å². The highest BCUT2D eigenvalue weighted by atomic mass is 16.5. The maximum atomic E-state index is 11.5. The van der Waals surface area contributed by atoms with E-state index in [-0.39, 0.29) is 5.56 Å². The minimum absolute atomic E-state index is 0.232. The van der Waals surface area contributed by atoms with E-state index in [1.54, 1.807) is 18.2 Å². The van der Waals surface area contributed by atoms with Crippen molar-refractivity contribution in [1.82, 2.24) is 0 Å². The van der Waals surface area contributed by atoms with E-state index in [2.05, 4.69) is 39.8 Å². The lowest BCUT2D eigenvalue weighted by molar-refractivity contribution is 0.0697. The monoisotopic (exact) mass is 359 g/mol. The van der Waals surface area contributed by atoms with Crippen LogP contribution in [-0.4, -0.2) is 11.1 Å². The summed E-state index contributed by atoms with van der Waals surface area (Å²) in [6.45, 7) is 8.95. The minimum Gasteiger partial charge on any atom is -0.489 e. The first-order valence-electron chi connectivity index (χ1n) is 8.92. The number of aromatic carboxylic acids is 1. The van der Waals surface area contributed by atoms with Crippen LogP contribution < -0.4 is 4.74 Å². The van der Waals surface area contributed by atoms with Crippen molar-refractivity contribution in [2.75, 3.05) is 0 Å². The van der Waals surface area contributed by atoms with Crippen molar-refractivity contribution in [2.24, 2.45) is 0 Å². The number of carboxylic acid groups (broad SMARTS) is 1. The van der Waals surface area contributed by atoms with Gasteiger partial charge in [0.15, 0.2) is 0 Å². The molecule has 3 heteroatoms. The molecule has 0 aliphatic heterocycles. The Morgan fingerprint density at radius 3 is 2.37 bits per heavy atom. The molecule has 0 aromatic heterocycles. The van der Waals surface area contributed by atoms with Crippen molar-refractivity contribution in [2.45, 2.75) is 34.3 Å². The second-order valence-corrected chi connectivity index (χ2v) is 6.82. The van der Waals surface area contributed by atoms with Gasteiger partial charge >= 0.3 is 5.97 Å². The number of benzene rings is 3. The number of rotatable bonds is 5. The third-order valence-electron chi connectivity index (χ3n) is 5.11. The number of carboxylic acids is 1. The summed E-state index contributed by atoms with van der Waals surface area (Å²) in [6.07, 6.45) is 0. The molecule has 0 amide bonds. The Morgan fingerprint density at radius 1 is 1.00 bits per heavy atom. The Hall–Kier alpha value is -3.07. The fourth-order valence-electron chi connectivity index (χ4n) is 3.27. The van der Waals surface area contributed by atoms with Crippen LogP contribution in [0.4, 0.5) is 0 Å². The molecule has 0 fully saturated rings. The minimum atomic E-state index is -0.963. The second-order valence-electron chi connectivity index (χ2n) is 6.82. The molecule has 0 bridgehead atoms. The number of hydrogen-bond donors (Lipinski definition) is 1. The lowest BCUT2D eigenvalue weighted by Crippen LogP contribution is -2.04. The zero-order valence-electron chi connectivity index (χ0n) is 16.1. The maximum absolute atomic E-state index is 11.5. The summed E-state index contributed by atoms with van der Waals surface area (Å²) < 4.78 is 6.06. The smallest absolute Gasteiger partial charge is 0.336 e. The quantitative estimate of drug-likeness (QED) is 0.639. The van der Waals surface area contributed by atoms with E-state index in [1.165, 1.54) is 27.8 Å². The van der Waals surface area contributed by atoms with Gasteiger partial charge in [0.05, 0.1) is 5.56 Å². The van der Waals surface area contributed by atoms with Crippen LogP contribution in [0.2, 0.25) is 0 Å². The van der Waals surface area contributed by atoms with Crippen LogP contribution in [-0.2, 0) is 6.61 Å². The van der Waals surface area contributed by atoms with Gasteiger partial charge < -0.3 is 9.84 Å². The Labute approximate surface area is 160 Å². The molecule has 1 N–H and O–H groups in total. The van der Waals surface area contributed by atoms with Crippen molar-refractivity contribution in [1.29, 1.82) is 0 Å². The molecule has 0 unspecified atom stereocenters. The number of ether oxygens (including phenoxy) is 1. The SMILES string of the molecule is Cc1cc(C)c(C)c(COc2cccc(-c3[c]cccc3C(=O)O)c2)c1C. The molecule has 27 heavy (non-hydrogen) atoms. The average molecular weight is 359 g/mol. The number of hydrogen-bond acceptors (Lipinski definition) is 2. The Kier molecular flexibility index (Phi) is 5.31. The lowest BCUT2D eigenvalue weighted by Gasteiger charge is -2.16. The topological polar surface area (TPSA) is 46.5 Å². The van der Waals surface area contributed by atoms with E-state index in [0.29, 0.717) is 17.9 Å². The number of aryl methyl sites for hydroxylation is 2. The van der Waals surface area contributed by atoms with Crippen molar-refractivity contribution in [3.05, 3.63) is 88.0 Å². The molecule has 3 rings (SSSR count). The van der Waals surface area contributed by atoms with Crippen LogP contribution in [0.3, 0.4) is 0 Å². The summed E-state index contributed by atoms with van der Waals surface area (Å²) in [5.74, 6) is -0.256. The summed E-state index contributed by atoms with van der Waals surface area (Å²) >= 11 is 0. The summed E-state index contributed by atoms with van der Waals surface area (Å²) in [5.41, 5.74) is 7.79. The molecule has 0 heterocycles. The molecular weight excluding hydrogens is 336 g/mol. The van der Waals surface area contributed by atoms with Gasteiger partial charge in [-0.15, -0.1) is 0 Å². The highest BCUT2D eigenvalue weighted by Crippen LogP contribution is 2.28. The Morgan fingerprint density at radius 2 is 1.70 bits per heavy atom. The summed E-state index contributed by atoms with van der Waals surface area (Å²) in [7, 11) is 0. The zero-order chi connectivity index (χ0) is 19.6. The standard InChI is InChI=1S/C24H23O3/c1-15-12-16(2)18(4)23(17(15)3)14-27-20-9-7-8-19(13-20)21-10-5-6-11-22(21)24(25)26/h5-9,11-13H,14H2,1-4H3,(H,25,26). The molecule has 3 aromatic carbocycles. The predicted octanol–water partition coefficient (Wildman–Crippen LogP) is 5.66. The highest BCUT2D eigenvalue weighted by molar-refractivity contribution is 5.95. The Balaban J connectivity index is 1.90. The molecule has 0 aliphatic rings. The first-order valence-corrected chi connectivity index (χ1v) is 8.92. The zero-order valence-corrected chi connectivity index (χ0v) is 16.1. The molecule has 3 nitrogen and oxygen atoms in total. The molecule has 0 aliphatic carbocycles. The summed E-state index contributed by atoms with van der Waals surface area (Å²) in [6, 6.07) is 17.7. The maximum Gasteiger partial charge on any atom is 0.336 e. The van der Waals surface area contributed by atoms with Crippen LogP contribution in [0.15, 0.2) is 48.5 Å². The molecular formula is C24H23O3. The third-order valence-corrected chi connectivity index (χ3v) is 5.11.